The predicted molar refractivity (Wildman–Crippen MR) is 122 cm³/mol. The van der Waals surface area contributed by atoms with Gasteiger partial charge in [0.05, 0.1) is 17.8 Å². The van der Waals surface area contributed by atoms with Crippen LogP contribution in [0.15, 0.2) is 23.0 Å². The Morgan fingerprint density at radius 1 is 1.16 bits per heavy atom. The second-order valence-electron chi connectivity index (χ2n) is 9.21. The third kappa shape index (κ3) is 3.62. The first kappa shape index (κ1) is 19.8. The molecule has 5 rings (SSSR count). The summed E-state index contributed by atoms with van der Waals surface area (Å²) in [5.74, 6) is 1.20. The van der Waals surface area contributed by atoms with Crippen LogP contribution in [0.1, 0.15) is 52.6 Å². The summed E-state index contributed by atoms with van der Waals surface area (Å²) in [6.45, 7) is 9.04. The lowest BCUT2D eigenvalue weighted by molar-refractivity contribution is 0.0727. The van der Waals surface area contributed by atoms with Gasteiger partial charge in [0.1, 0.15) is 5.69 Å². The molecule has 1 aromatic carbocycles. The van der Waals surface area contributed by atoms with E-state index in [0.717, 1.165) is 47.2 Å². The summed E-state index contributed by atoms with van der Waals surface area (Å²) in [6, 6.07) is 6.10. The minimum atomic E-state index is -0.126. The second kappa shape index (κ2) is 7.55. The average molecular weight is 420 g/mol. The molecule has 2 aliphatic rings. The Kier molecular flexibility index (Phi) is 4.84. The number of carbonyl (C=O) groups excluding carboxylic acids is 1. The fourth-order valence-electron chi connectivity index (χ4n) is 5.00. The van der Waals surface area contributed by atoms with E-state index >= 15 is 0 Å². The molecule has 2 N–H and O–H groups in total. The number of aryl methyl sites for hydroxylation is 2. The number of H-pyrrole nitrogens is 2. The van der Waals surface area contributed by atoms with E-state index in [0.29, 0.717) is 42.6 Å². The lowest BCUT2D eigenvalue weighted by atomic mass is 10.0. The van der Waals surface area contributed by atoms with Crippen molar-refractivity contribution in [1.29, 1.82) is 0 Å². The first-order chi connectivity index (χ1) is 14.9. The van der Waals surface area contributed by atoms with E-state index in [9.17, 15) is 9.59 Å². The van der Waals surface area contributed by atoms with Crippen LogP contribution >= 0.6 is 0 Å². The normalized spacial score (nSPS) is 19.0. The highest BCUT2D eigenvalue weighted by atomic mass is 16.2. The van der Waals surface area contributed by atoms with Gasteiger partial charge in [-0.25, -0.2) is 4.98 Å². The molecule has 2 aliphatic heterocycles. The molecule has 1 saturated heterocycles. The van der Waals surface area contributed by atoms with Gasteiger partial charge < -0.3 is 14.8 Å². The number of nitrogens with zero attached hydrogens (tertiary/aromatic N) is 3. The summed E-state index contributed by atoms with van der Waals surface area (Å²) < 4.78 is 0. The zero-order chi connectivity index (χ0) is 21.7. The summed E-state index contributed by atoms with van der Waals surface area (Å²) in [7, 11) is 0. The van der Waals surface area contributed by atoms with Crippen molar-refractivity contribution in [2.45, 2.75) is 46.6 Å². The number of amides is 1. The molecule has 1 amide bonds. The van der Waals surface area contributed by atoms with Crippen LogP contribution in [0.25, 0.3) is 10.9 Å². The lowest BCUT2D eigenvalue weighted by Crippen LogP contribution is -2.41. The third-order valence-corrected chi connectivity index (χ3v) is 6.62. The number of nitrogens with one attached hydrogen (secondary N) is 2. The summed E-state index contributed by atoms with van der Waals surface area (Å²) >= 11 is 0. The predicted octanol–water partition coefficient (Wildman–Crippen LogP) is 3.30. The Labute approximate surface area is 181 Å². The minimum Gasteiger partial charge on any atom is -0.351 e. The first-order valence-corrected chi connectivity index (χ1v) is 11.2. The zero-order valence-electron chi connectivity index (χ0n) is 18.4. The number of piperidine rings is 1. The van der Waals surface area contributed by atoms with Crippen molar-refractivity contribution in [2.75, 3.05) is 24.5 Å². The molecule has 7 heteroatoms. The molecule has 0 aliphatic carbocycles. The maximum atomic E-state index is 13.2. The summed E-state index contributed by atoms with van der Waals surface area (Å²) in [4.78, 5) is 41.0. The number of aromatic amines is 2. The molecule has 0 saturated carbocycles. The highest BCUT2D eigenvalue weighted by Crippen LogP contribution is 2.25. The number of fused-ring (bicyclic) bond motifs is 2. The Balaban J connectivity index is 1.40. The smallest absolute Gasteiger partial charge is 0.270 e. The summed E-state index contributed by atoms with van der Waals surface area (Å²) in [5.41, 5.74) is 5.15. The van der Waals surface area contributed by atoms with E-state index in [1.807, 2.05) is 6.07 Å². The molecule has 0 spiro atoms. The molecule has 1 atom stereocenters. The SMILES string of the molecule is Cc1cc(C)c2cc(C(=O)N3CCc4nc(N5CCC[C@@H](C)C5)[nH]c(=O)c4C3)[nH]c2c1. The van der Waals surface area contributed by atoms with Gasteiger partial charge in [-0.1, -0.05) is 13.0 Å². The molecule has 0 bridgehead atoms. The molecule has 4 heterocycles. The van der Waals surface area contributed by atoms with Crippen LogP contribution in [0.3, 0.4) is 0 Å². The van der Waals surface area contributed by atoms with Crippen LogP contribution in [0.4, 0.5) is 5.95 Å². The number of carbonyl (C=O) groups is 1. The van der Waals surface area contributed by atoms with Crippen molar-refractivity contribution >= 4 is 22.8 Å². The van der Waals surface area contributed by atoms with Gasteiger partial charge in [-0.2, -0.15) is 0 Å². The van der Waals surface area contributed by atoms with Crippen LogP contribution in [0.5, 0.6) is 0 Å². The molecule has 2 aromatic heterocycles. The maximum Gasteiger partial charge on any atom is 0.270 e. The molecule has 162 valence electrons. The van der Waals surface area contributed by atoms with Gasteiger partial charge in [-0.15, -0.1) is 0 Å². The quantitative estimate of drug-likeness (QED) is 0.667. The van der Waals surface area contributed by atoms with Gasteiger partial charge in [0.2, 0.25) is 5.95 Å². The fourth-order valence-corrected chi connectivity index (χ4v) is 5.00. The second-order valence-corrected chi connectivity index (χ2v) is 9.21. The molecular weight excluding hydrogens is 390 g/mol. The van der Waals surface area contributed by atoms with Crippen molar-refractivity contribution in [3.05, 3.63) is 56.6 Å². The van der Waals surface area contributed by atoms with Crippen molar-refractivity contribution in [3.63, 3.8) is 0 Å². The number of hydrogen-bond acceptors (Lipinski definition) is 4. The number of rotatable bonds is 2. The highest BCUT2D eigenvalue weighted by molar-refractivity contribution is 5.99. The van der Waals surface area contributed by atoms with Crippen molar-refractivity contribution in [3.8, 4) is 0 Å². The number of anilines is 1. The van der Waals surface area contributed by atoms with E-state index < -0.39 is 0 Å². The molecule has 0 unspecified atom stereocenters. The monoisotopic (exact) mass is 419 g/mol. The molecule has 7 nitrogen and oxygen atoms in total. The van der Waals surface area contributed by atoms with Crippen LogP contribution in [0.2, 0.25) is 0 Å². The Bertz CT molecular complexity index is 1220. The first-order valence-electron chi connectivity index (χ1n) is 11.2. The minimum absolute atomic E-state index is 0.0766. The maximum absolute atomic E-state index is 13.2. The molecule has 0 radical (unpaired) electrons. The van der Waals surface area contributed by atoms with E-state index in [4.69, 9.17) is 4.98 Å². The van der Waals surface area contributed by atoms with Gasteiger partial charge >= 0.3 is 0 Å². The van der Waals surface area contributed by atoms with Crippen molar-refractivity contribution < 1.29 is 4.79 Å². The zero-order valence-corrected chi connectivity index (χ0v) is 18.4. The van der Waals surface area contributed by atoms with Gasteiger partial charge in [-0.05, 0) is 55.9 Å². The van der Waals surface area contributed by atoms with Crippen LogP contribution in [-0.4, -0.2) is 45.4 Å². The summed E-state index contributed by atoms with van der Waals surface area (Å²) in [6.07, 6.45) is 2.93. The van der Waals surface area contributed by atoms with E-state index in [2.05, 4.69) is 47.8 Å². The van der Waals surface area contributed by atoms with E-state index in [1.165, 1.54) is 6.42 Å². The Hall–Kier alpha value is -3.09. The Morgan fingerprint density at radius 2 is 2.00 bits per heavy atom. The van der Waals surface area contributed by atoms with E-state index in [1.54, 1.807) is 4.90 Å². The standard InChI is InChI=1S/C24H29N5O2/c1-14-5-4-7-29(12-14)24-26-19-6-8-28(13-18(19)22(30)27-24)23(31)21-11-17-16(3)9-15(2)10-20(17)25-21/h9-11,14,25H,4-8,12-13H2,1-3H3,(H,26,27,30)/t14-/m1/s1. The van der Waals surface area contributed by atoms with Crippen LogP contribution < -0.4 is 10.5 Å². The lowest BCUT2D eigenvalue weighted by Gasteiger charge is -2.33. The number of hydrogen-bond donors (Lipinski definition) is 2. The van der Waals surface area contributed by atoms with Crippen molar-refractivity contribution in [2.24, 2.45) is 5.92 Å². The fraction of sp³-hybridized carbons (Fsp3) is 0.458. The van der Waals surface area contributed by atoms with Gasteiger partial charge in [0.25, 0.3) is 11.5 Å². The number of benzene rings is 1. The van der Waals surface area contributed by atoms with E-state index in [-0.39, 0.29) is 11.5 Å². The molecule has 1 fully saturated rings. The van der Waals surface area contributed by atoms with Crippen LogP contribution in [0, 0.1) is 19.8 Å². The van der Waals surface area contributed by atoms with Crippen molar-refractivity contribution in [1.82, 2.24) is 19.9 Å². The van der Waals surface area contributed by atoms with Gasteiger partial charge in [0.15, 0.2) is 0 Å². The van der Waals surface area contributed by atoms with Gasteiger partial charge in [0, 0.05) is 37.0 Å². The Morgan fingerprint density at radius 3 is 2.81 bits per heavy atom. The largest absolute Gasteiger partial charge is 0.351 e. The molecule has 31 heavy (non-hydrogen) atoms. The molecule has 3 aromatic rings. The summed E-state index contributed by atoms with van der Waals surface area (Å²) in [5, 5.41) is 1.06. The number of aromatic nitrogens is 3. The third-order valence-electron chi connectivity index (χ3n) is 6.62. The topological polar surface area (TPSA) is 85.1 Å². The molecular formula is C24H29N5O2. The van der Waals surface area contributed by atoms with Gasteiger partial charge in [-0.3, -0.25) is 14.6 Å². The van der Waals surface area contributed by atoms with Crippen LogP contribution in [-0.2, 0) is 13.0 Å². The average Bonchev–Trinajstić information content (AvgIpc) is 3.17. The highest BCUT2D eigenvalue weighted by Gasteiger charge is 2.28.